The Bertz CT molecular complexity index is 815. The topological polar surface area (TPSA) is 111 Å². The predicted molar refractivity (Wildman–Crippen MR) is 77.0 cm³/mol. The van der Waals surface area contributed by atoms with Gasteiger partial charge >= 0.3 is 0 Å². The van der Waals surface area contributed by atoms with Crippen LogP contribution in [0.4, 0.5) is 5.88 Å². The van der Waals surface area contributed by atoms with Gasteiger partial charge in [-0.25, -0.2) is 13.1 Å². The van der Waals surface area contributed by atoms with Gasteiger partial charge in [-0.05, 0) is 19.9 Å². The van der Waals surface area contributed by atoms with E-state index in [0.29, 0.717) is 16.8 Å². The number of rotatable bonds is 3. The first kappa shape index (κ1) is 15.0. The van der Waals surface area contributed by atoms with Gasteiger partial charge in [0.2, 0.25) is 5.88 Å². The molecule has 0 aliphatic carbocycles. The summed E-state index contributed by atoms with van der Waals surface area (Å²) in [5.74, 6) is 5.46. The zero-order chi connectivity index (χ0) is 15.5. The molecule has 0 spiro atoms. The molecule has 2 heterocycles. The first-order chi connectivity index (χ1) is 9.94. The lowest BCUT2D eigenvalue weighted by Gasteiger charge is -2.05. The highest BCUT2D eigenvalue weighted by molar-refractivity contribution is 7.92. The molecule has 0 aromatic carbocycles. The first-order valence-corrected chi connectivity index (χ1v) is 7.52. The molecule has 0 atom stereocenters. The summed E-state index contributed by atoms with van der Waals surface area (Å²) in [5.41, 5.74) is 6.99. The molecule has 0 unspecified atom stereocenters. The zero-order valence-corrected chi connectivity index (χ0v) is 12.4. The molecule has 0 saturated heterocycles. The maximum absolute atomic E-state index is 12.3. The summed E-state index contributed by atoms with van der Waals surface area (Å²) in [6.07, 6.45) is 2.69. The Morgan fingerprint density at radius 3 is 2.76 bits per heavy atom. The summed E-state index contributed by atoms with van der Waals surface area (Å²) in [4.78, 5) is 3.85. The molecule has 21 heavy (non-hydrogen) atoms. The van der Waals surface area contributed by atoms with Gasteiger partial charge in [0.05, 0.1) is 12.2 Å². The largest absolute Gasteiger partial charge is 0.337 e. The number of pyridine rings is 1. The molecule has 3 N–H and O–H groups in total. The maximum Gasteiger partial charge on any atom is 0.265 e. The molecule has 0 aliphatic rings. The van der Waals surface area contributed by atoms with Gasteiger partial charge in [-0.3, -0.25) is 4.98 Å². The monoisotopic (exact) mass is 306 g/mol. The van der Waals surface area contributed by atoms with Crippen molar-refractivity contribution in [2.45, 2.75) is 18.7 Å². The molecule has 0 aliphatic heterocycles. The van der Waals surface area contributed by atoms with Crippen LogP contribution in [-0.2, 0) is 10.0 Å². The third-order valence-electron chi connectivity index (χ3n) is 2.74. The van der Waals surface area contributed by atoms with Crippen molar-refractivity contribution in [1.29, 1.82) is 0 Å². The van der Waals surface area contributed by atoms with Crippen molar-refractivity contribution in [3.05, 3.63) is 35.3 Å². The molecule has 0 radical (unpaired) electrons. The van der Waals surface area contributed by atoms with E-state index in [1.807, 2.05) is 0 Å². The van der Waals surface area contributed by atoms with E-state index in [9.17, 15) is 8.42 Å². The Hall–Kier alpha value is -2.37. The van der Waals surface area contributed by atoms with Crippen molar-refractivity contribution in [2.75, 3.05) is 11.3 Å². The lowest BCUT2D eigenvalue weighted by molar-refractivity contribution is 0.430. The Kier molecular flexibility index (Phi) is 4.26. The minimum absolute atomic E-state index is 0.0141. The predicted octanol–water partition coefficient (Wildman–Crippen LogP) is 0.797. The molecule has 0 bridgehead atoms. The highest BCUT2D eigenvalue weighted by Gasteiger charge is 2.19. The van der Waals surface area contributed by atoms with Gasteiger partial charge in [0, 0.05) is 23.5 Å². The molecule has 0 amide bonds. The molecule has 8 heteroatoms. The van der Waals surface area contributed by atoms with Gasteiger partial charge in [-0.15, -0.1) is 0 Å². The van der Waals surface area contributed by atoms with Crippen LogP contribution in [0.25, 0.3) is 0 Å². The number of nitrogens with zero attached hydrogens (tertiary/aromatic N) is 2. The van der Waals surface area contributed by atoms with E-state index in [0.717, 1.165) is 0 Å². The van der Waals surface area contributed by atoms with Crippen LogP contribution >= 0.6 is 0 Å². The third-order valence-corrected chi connectivity index (χ3v) is 4.04. The summed E-state index contributed by atoms with van der Waals surface area (Å²) in [7, 11) is -3.82. The van der Waals surface area contributed by atoms with Gasteiger partial charge in [-0.2, -0.15) is 0 Å². The number of hydrogen-bond acceptors (Lipinski definition) is 6. The SMILES string of the molecule is Cc1noc(NS(=O)(=O)c2cncc(C#CCN)c2)c1C. The van der Waals surface area contributed by atoms with Crippen LogP contribution in [0, 0.1) is 25.7 Å². The zero-order valence-electron chi connectivity index (χ0n) is 11.5. The Morgan fingerprint density at radius 2 is 2.14 bits per heavy atom. The second-order valence-corrected chi connectivity index (χ2v) is 5.93. The molecule has 0 fully saturated rings. The van der Waals surface area contributed by atoms with E-state index in [2.05, 4.69) is 26.7 Å². The average molecular weight is 306 g/mol. The van der Waals surface area contributed by atoms with E-state index in [1.165, 1.54) is 18.5 Å². The van der Waals surface area contributed by atoms with E-state index >= 15 is 0 Å². The van der Waals surface area contributed by atoms with Gasteiger partial charge in [-0.1, -0.05) is 17.0 Å². The normalized spacial score (nSPS) is 10.8. The van der Waals surface area contributed by atoms with E-state index in [1.54, 1.807) is 13.8 Å². The maximum atomic E-state index is 12.3. The highest BCUT2D eigenvalue weighted by Crippen LogP contribution is 2.21. The quantitative estimate of drug-likeness (QED) is 0.811. The molecule has 0 saturated carbocycles. The minimum atomic E-state index is -3.82. The summed E-state index contributed by atoms with van der Waals surface area (Å²) in [6, 6.07) is 1.41. The van der Waals surface area contributed by atoms with Crippen molar-refractivity contribution in [2.24, 2.45) is 5.73 Å². The average Bonchev–Trinajstić information content (AvgIpc) is 2.77. The number of nitrogens with two attached hydrogens (primary N) is 1. The van der Waals surface area contributed by atoms with E-state index in [-0.39, 0.29) is 17.3 Å². The van der Waals surface area contributed by atoms with Gasteiger partial charge < -0.3 is 10.3 Å². The van der Waals surface area contributed by atoms with Crippen LogP contribution in [-0.4, -0.2) is 25.1 Å². The fourth-order valence-electron chi connectivity index (χ4n) is 1.48. The summed E-state index contributed by atoms with van der Waals surface area (Å²) in [6.45, 7) is 3.62. The molecule has 7 nitrogen and oxygen atoms in total. The second kappa shape index (κ2) is 5.95. The lowest BCUT2D eigenvalue weighted by atomic mass is 10.3. The summed E-state index contributed by atoms with van der Waals surface area (Å²) >= 11 is 0. The molecule has 110 valence electrons. The minimum Gasteiger partial charge on any atom is -0.337 e. The number of aromatic nitrogens is 2. The van der Waals surface area contributed by atoms with Gasteiger partial charge in [0.1, 0.15) is 4.90 Å². The van der Waals surface area contributed by atoms with Crippen LogP contribution < -0.4 is 10.5 Å². The number of hydrogen-bond donors (Lipinski definition) is 2. The Balaban J connectivity index is 2.33. The Labute approximate surface area is 122 Å². The molecular weight excluding hydrogens is 292 g/mol. The van der Waals surface area contributed by atoms with Crippen molar-refractivity contribution in [3.63, 3.8) is 0 Å². The molecular formula is C13H14N4O3S. The third kappa shape index (κ3) is 3.39. The fourth-order valence-corrected chi connectivity index (χ4v) is 2.51. The van der Waals surface area contributed by atoms with Gasteiger partial charge in [0.25, 0.3) is 10.0 Å². The highest BCUT2D eigenvalue weighted by atomic mass is 32.2. The second-order valence-electron chi connectivity index (χ2n) is 4.24. The smallest absolute Gasteiger partial charge is 0.265 e. The number of anilines is 1. The van der Waals surface area contributed by atoms with Crippen LogP contribution in [0.15, 0.2) is 27.9 Å². The van der Waals surface area contributed by atoms with Crippen molar-refractivity contribution >= 4 is 15.9 Å². The number of sulfonamides is 1. The van der Waals surface area contributed by atoms with Crippen LogP contribution in [0.1, 0.15) is 16.8 Å². The summed E-state index contributed by atoms with van der Waals surface area (Å²) < 4.78 is 31.8. The lowest BCUT2D eigenvalue weighted by Crippen LogP contribution is -2.13. The van der Waals surface area contributed by atoms with Crippen molar-refractivity contribution in [3.8, 4) is 11.8 Å². The number of nitrogens with one attached hydrogen (secondary N) is 1. The van der Waals surface area contributed by atoms with Crippen LogP contribution in [0.5, 0.6) is 0 Å². The molecule has 2 aromatic rings. The van der Waals surface area contributed by atoms with Crippen LogP contribution in [0.3, 0.4) is 0 Å². The first-order valence-electron chi connectivity index (χ1n) is 6.03. The van der Waals surface area contributed by atoms with Crippen molar-refractivity contribution < 1.29 is 12.9 Å². The summed E-state index contributed by atoms with van der Waals surface area (Å²) in [5, 5.41) is 3.70. The van der Waals surface area contributed by atoms with E-state index < -0.39 is 10.0 Å². The molecule has 2 aromatic heterocycles. The van der Waals surface area contributed by atoms with Crippen molar-refractivity contribution in [1.82, 2.24) is 10.1 Å². The van der Waals surface area contributed by atoms with Gasteiger partial charge in [0.15, 0.2) is 0 Å². The standard InChI is InChI=1S/C13H14N4O3S/c1-9-10(2)16-20-13(9)17-21(18,19)12-6-11(4-3-5-14)7-15-8-12/h6-8,17H,5,14H2,1-2H3. The Morgan fingerprint density at radius 1 is 1.38 bits per heavy atom. The number of aryl methyl sites for hydroxylation is 1. The fraction of sp³-hybridized carbons (Fsp3) is 0.231. The van der Waals surface area contributed by atoms with E-state index in [4.69, 9.17) is 10.3 Å². The van der Waals surface area contributed by atoms with Crippen LogP contribution in [0.2, 0.25) is 0 Å². The molecule has 2 rings (SSSR count).